The molecule has 2 atom stereocenters. The number of amides is 2. The lowest BCUT2D eigenvalue weighted by molar-refractivity contribution is 0.0696. The number of hydrogen-bond acceptors (Lipinski definition) is 5. The first-order valence-corrected chi connectivity index (χ1v) is 9.25. The van der Waals surface area contributed by atoms with Crippen LogP contribution in [0.5, 0.6) is 0 Å². The number of fused-ring (bicyclic) bond motifs is 1. The van der Waals surface area contributed by atoms with E-state index in [1.165, 1.54) is 18.6 Å². The van der Waals surface area contributed by atoms with E-state index in [-0.39, 0.29) is 10.5 Å². The molecule has 0 radical (unpaired) electrons. The number of nitrogens with zero attached hydrogens (tertiary/aromatic N) is 1. The molecule has 8 nitrogen and oxygen atoms in total. The minimum Gasteiger partial charge on any atom is -0.478 e. The van der Waals surface area contributed by atoms with Crippen molar-refractivity contribution in [3.05, 3.63) is 29.8 Å². The molecule has 1 saturated carbocycles. The average Bonchev–Trinajstić information content (AvgIpc) is 3.07. The molecular weight excluding hydrogens is 334 g/mol. The summed E-state index contributed by atoms with van der Waals surface area (Å²) < 4.78 is 26.3. The molecule has 3 rings (SSSR count). The van der Waals surface area contributed by atoms with Gasteiger partial charge in [0.1, 0.15) is 0 Å². The van der Waals surface area contributed by atoms with Crippen molar-refractivity contribution in [1.82, 2.24) is 15.2 Å². The maximum atomic E-state index is 12.2. The van der Waals surface area contributed by atoms with Gasteiger partial charge in [-0.15, -0.1) is 0 Å². The Morgan fingerprint density at radius 2 is 1.67 bits per heavy atom. The Bertz CT molecular complexity index is 735. The summed E-state index contributed by atoms with van der Waals surface area (Å²) in [6.45, 7) is 1.48. The van der Waals surface area contributed by atoms with Crippen LogP contribution in [0.1, 0.15) is 29.6 Å². The van der Waals surface area contributed by atoms with Gasteiger partial charge in [0.05, 0.1) is 10.5 Å². The zero-order valence-corrected chi connectivity index (χ0v) is 13.8. The lowest BCUT2D eigenvalue weighted by Gasteiger charge is -2.18. The first kappa shape index (κ1) is 16.7. The maximum absolute atomic E-state index is 12.2. The van der Waals surface area contributed by atoms with Gasteiger partial charge in [0, 0.05) is 13.1 Å². The molecule has 9 heteroatoms. The van der Waals surface area contributed by atoms with Crippen molar-refractivity contribution in [3.63, 3.8) is 0 Å². The third kappa shape index (κ3) is 3.51. The number of carbonyl (C=O) groups is 2. The second-order valence-corrected chi connectivity index (χ2v) is 7.91. The summed E-state index contributed by atoms with van der Waals surface area (Å²) in [5, 5.41) is 10.6. The number of carboxylic acid groups (broad SMARTS) is 1. The van der Waals surface area contributed by atoms with E-state index in [9.17, 15) is 18.0 Å². The fraction of sp³-hybridized carbons (Fsp3) is 0.467. The molecule has 0 spiro atoms. The van der Waals surface area contributed by atoms with Gasteiger partial charge < -0.3 is 5.11 Å². The minimum atomic E-state index is -4.04. The standard InChI is InChI=1S/C15H19N3O5S/c19-14(20)10-4-6-13(7-5-10)24(22,23)17-15(21)16-18-8-11-2-1-3-12(11)9-18/h4-7,11-12H,1-3,8-9H2,(H,19,20)(H2,16,17,21)/t11-,12-/m0/s1. The van der Waals surface area contributed by atoms with Gasteiger partial charge in [-0.3, -0.25) is 5.43 Å². The van der Waals surface area contributed by atoms with E-state index >= 15 is 0 Å². The number of hydrogen-bond donors (Lipinski definition) is 3. The molecule has 1 saturated heterocycles. The van der Waals surface area contributed by atoms with Crippen molar-refractivity contribution in [1.29, 1.82) is 0 Å². The van der Waals surface area contributed by atoms with Gasteiger partial charge in [0.15, 0.2) is 0 Å². The van der Waals surface area contributed by atoms with Crippen molar-refractivity contribution in [2.75, 3.05) is 13.1 Å². The third-order valence-electron chi connectivity index (χ3n) is 4.62. The SMILES string of the molecule is O=C(NN1C[C@@H]2CCC[C@H]2C1)NS(=O)(=O)c1ccc(C(=O)O)cc1. The van der Waals surface area contributed by atoms with Crippen molar-refractivity contribution >= 4 is 22.0 Å². The zero-order chi connectivity index (χ0) is 17.3. The Morgan fingerprint density at radius 3 is 2.21 bits per heavy atom. The van der Waals surface area contributed by atoms with E-state index in [2.05, 4.69) is 5.43 Å². The van der Waals surface area contributed by atoms with Crippen molar-refractivity contribution in [2.45, 2.75) is 24.2 Å². The molecule has 24 heavy (non-hydrogen) atoms. The molecule has 1 aromatic rings. The second kappa shape index (κ2) is 6.40. The molecule has 1 heterocycles. The Balaban J connectivity index is 1.59. The van der Waals surface area contributed by atoms with Crippen LogP contribution in [0, 0.1) is 11.8 Å². The zero-order valence-electron chi connectivity index (χ0n) is 12.9. The summed E-state index contributed by atoms with van der Waals surface area (Å²) in [5.74, 6) is 0.000160. The van der Waals surface area contributed by atoms with Crippen LogP contribution in [-0.2, 0) is 10.0 Å². The number of rotatable bonds is 4. The quantitative estimate of drug-likeness (QED) is 0.744. The molecule has 2 amide bonds. The number of carbonyl (C=O) groups excluding carboxylic acids is 1. The summed E-state index contributed by atoms with van der Waals surface area (Å²) >= 11 is 0. The molecule has 0 unspecified atom stereocenters. The maximum Gasteiger partial charge on any atom is 0.343 e. The molecule has 0 aromatic heterocycles. The monoisotopic (exact) mass is 353 g/mol. The van der Waals surface area contributed by atoms with E-state index in [0.29, 0.717) is 11.8 Å². The Hall–Kier alpha value is -2.13. The van der Waals surface area contributed by atoms with Gasteiger partial charge in [-0.25, -0.2) is 27.7 Å². The number of benzene rings is 1. The number of hydrazine groups is 1. The predicted octanol–water partition coefficient (Wildman–Crippen LogP) is 1.02. The third-order valence-corrected chi connectivity index (χ3v) is 5.97. The number of urea groups is 1. The molecule has 2 aliphatic rings. The van der Waals surface area contributed by atoms with Gasteiger partial charge in [-0.05, 0) is 48.9 Å². The summed E-state index contributed by atoms with van der Waals surface area (Å²) in [5.41, 5.74) is 2.55. The van der Waals surface area contributed by atoms with Crippen LogP contribution in [0.2, 0.25) is 0 Å². The van der Waals surface area contributed by atoms with Crippen LogP contribution in [0.15, 0.2) is 29.2 Å². The molecule has 2 fully saturated rings. The van der Waals surface area contributed by atoms with E-state index < -0.39 is 22.0 Å². The van der Waals surface area contributed by atoms with Gasteiger partial charge >= 0.3 is 12.0 Å². The molecule has 3 N–H and O–H groups in total. The number of nitrogens with one attached hydrogen (secondary N) is 2. The highest BCUT2D eigenvalue weighted by atomic mass is 32.2. The summed E-state index contributed by atoms with van der Waals surface area (Å²) in [6, 6.07) is 3.85. The minimum absolute atomic E-state index is 0.0259. The Morgan fingerprint density at radius 1 is 1.08 bits per heavy atom. The van der Waals surface area contributed by atoms with Crippen LogP contribution < -0.4 is 10.1 Å². The van der Waals surface area contributed by atoms with Crippen molar-refractivity contribution < 1.29 is 23.1 Å². The number of carboxylic acids is 1. The van der Waals surface area contributed by atoms with Crippen molar-refractivity contribution in [2.24, 2.45) is 11.8 Å². The fourth-order valence-corrected chi connectivity index (χ4v) is 4.35. The first-order valence-electron chi connectivity index (χ1n) is 7.77. The fourth-order valence-electron chi connectivity index (χ4n) is 3.45. The van der Waals surface area contributed by atoms with Gasteiger partial charge in [0.25, 0.3) is 10.0 Å². The topological polar surface area (TPSA) is 116 Å². The van der Waals surface area contributed by atoms with Gasteiger partial charge in [-0.2, -0.15) is 0 Å². The van der Waals surface area contributed by atoms with Crippen molar-refractivity contribution in [3.8, 4) is 0 Å². The summed E-state index contributed by atoms with van der Waals surface area (Å²) in [7, 11) is -4.04. The molecule has 0 bridgehead atoms. The lowest BCUT2D eigenvalue weighted by atomic mass is 10.0. The van der Waals surface area contributed by atoms with E-state index in [1.807, 2.05) is 4.72 Å². The largest absolute Gasteiger partial charge is 0.478 e. The highest BCUT2D eigenvalue weighted by Crippen LogP contribution is 2.36. The van der Waals surface area contributed by atoms with Crippen LogP contribution in [-0.4, -0.2) is 43.6 Å². The van der Waals surface area contributed by atoms with Gasteiger partial charge in [0.2, 0.25) is 0 Å². The Kier molecular flexibility index (Phi) is 4.46. The van der Waals surface area contributed by atoms with Gasteiger partial charge in [-0.1, -0.05) is 6.42 Å². The van der Waals surface area contributed by atoms with Crippen LogP contribution >= 0.6 is 0 Å². The lowest BCUT2D eigenvalue weighted by Crippen LogP contribution is -2.48. The van der Waals surface area contributed by atoms with Crippen LogP contribution in [0.25, 0.3) is 0 Å². The highest BCUT2D eigenvalue weighted by molar-refractivity contribution is 7.90. The molecule has 1 aliphatic heterocycles. The summed E-state index contributed by atoms with van der Waals surface area (Å²) in [4.78, 5) is 22.6. The summed E-state index contributed by atoms with van der Waals surface area (Å²) in [6.07, 6.45) is 3.52. The van der Waals surface area contributed by atoms with Crippen LogP contribution in [0.4, 0.5) is 4.79 Å². The second-order valence-electron chi connectivity index (χ2n) is 6.23. The average molecular weight is 353 g/mol. The molecule has 130 valence electrons. The van der Waals surface area contributed by atoms with Crippen LogP contribution in [0.3, 0.4) is 0 Å². The highest BCUT2D eigenvalue weighted by Gasteiger charge is 2.36. The first-order chi connectivity index (χ1) is 11.3. The van der Waals surface area contributed by atoms with E-state index in [4.69, 9.17) is 5.11 Å². The molecular formula is C15H19N3O5S. The Labute approximate surface area is 139 Å². The molecule has 1 aliphatic carbocycles. The smallest absolute Gasteiger partial charge is 0.343 e. The number of aromatic carboxylic acids is 1. The number of sulfonamides is 1. The van der Waals surface area contributed by atoms with E-state index in [1.54, 1.807) is 5.01 Å². The normalized spacial score (nSPS) is 23.7. The van der Waals surface area contributed by atoms with E-state index in [0.717, 1.165) is 38.1 Å². The molecule has 1 aromatic carbocycles. The predicted molar refractivity (Wildman–Crippen MR) is 84.7 cm³/mol.